The first-order chi connectivity index (χ1) is 8.19. The predicted molar refractivity (Wildman–Crippen MR) is 68.8 cm³/mol. The summed E-state index contributed by atoms with van der Waals surface area (Å²) in [7, 11) is 0. The fourth-order valence-corrected chi connectivity index (χ4v) is 2.34. The molecule has 98 valence electrons. The number of nitriles is 1. The van der Waals surface area contributed by atoms with Gasteiger partial charge in [0.15, 0.2) is 0 Å². The molecule has 0 spiro atoms. The second-order valence-corrected chi connectivity index (χ2v) is 4.79. The van der Waals surface area contributed by atoms with Crippen molar-refractivity contribution in [2.45, 2.75) is 39.3 Å². The number of hydrogen-bond acceptors (Lipinski definition) is 4. The van der Waals surface area contributed by atoms with E-state index in [9.17, 15) is 0 Å². The molecule has 0 aromatic carbocycles. The molecule has 1 aliphatic heterocycles. The Balaban J connectivity index is 2.31. The molecule has 2 atom stereocenters. The molecule has 0 amide bonds. The van der Waals surface area contributed by atoms with Crippen LogP contribution in [0.1, 0.15) is 27.2 Å². The third-order valence-electron chi connectivity index (χ3n) is 3.53. The van der Waals surface area contributed by atoms with Gasteiger partial charge in [0.25, 0.3) is 0 Å². The number of nitrogens with zero attached hydrogens (tertiary/aromatic N) is 3. The second kappa shape index (κ2) is 7.65. The van der Waals surface area contributed by atoms with E-state index >= 15 is 0 Å². The van der Waals surface area contributed by atoms with Crippen LogP contribution in [0.25, 0.3) is 0 Å². The van der Waals surface area contributed by atoms with E-state index in [1.54, 1.807) is 0 Å². The summed E-state index contributed by atoms with van der Waals surface area (Å²) in [6.45, 7) is 12.3. The van der Waals surface area contributed by atoms with E-state index in [2.05, 4.69) is 29.7 Å². The van der Waals surface area contributed by atoms with Gasteiger partial charge in [0.2, 0.25) is 0 Å². The molecule has 1 rings (SSSR count). The molecule has 4 heteroatoms. The van der Waals surface area contributed by atoms with Crippen molar-refractivity contribution >= 4 is 0 Å². The Labute approximate surface area is 105 Å². The highest BCUT2D eigenvalue weighted by atomic mass is 16.5. The molecule has 0 saturated carbocycles. The third-order valence-corrected chi connectivity index (χ3v) is 3.53. The third kappa shape index (κ3) is 4.63. The minimum absolute atomic E-state index is 0.386. The van der Waals surface area contributed by atoms with Gasteiger partial charge in [-0.25, -0.2) is 0 Å². The lowest BCUT2D eigenvalue weighted by Gasteiger charge is -2.42. The SMILES string of the molecule is CCOCCN1CCN([C@H](C)CC#N)C[C@@H]1C. The Hall–Kier alpha value is -0.630. The van der Waals surface area contributed by atoms with Gasteiger partial charge in [0.1, 0.15) is 0 Å². The van der Waals surface area contributed by atoms with Gasteiger partial charge in [-0.05, 0) is 20.8 Å². The highest BCUT2D eigenvalue weighted by Gasteiger charge is 2.25. The highest BCUT2D eigenvalue weighted by molar-refractivity contribution is 4.86. The fourth-order valence-electron chi connectivity index (χ4n) is 2.34. The number of ether oxygens (including phenoxy) is 1. The van der Waals surface area contributed by atoms with Gasteiger partial charge in [-0.3, -0.25) is 9.80 Å². The first-order valence-corrected chi connectivity index (χ1v) is 6.61. The van der Waals surface area contributed by atoms with E-state index in [4.69, 9.17) is 10.00 Å². The summed E-state index contributed by atoms with van der Waals surface area (Å²) in [5.74, 6) is 0. The normalized spacial score (nSPS) is 24.5. The van der Waals surface area contributed by atoms with Gasteiger partial charge in [0, 0.05) is 44.9 Å². The van der Waals surface area contributed by atoms with Crippen molar-refractivity contribution in [1.29, 1.82) is 5.26 Å². The average Bonchev–Trinajstić information content (AvgIpc) is 2.31. The topological polar surface area (TPSA) is 39.5 Å². The summed E-state index contributed by atoms with van der Waals surface area (Å²) in [4.78, 5) is 4.90. The van der Waals surface area contributed by atoms with Crippen molar-refractivity contribution in [3.8, 4) is 6.07 Å². The van der Waals surface area contributed by atoms with Crippen molar-refractivity contribution < 1.29 is 4.74 Å². The molecule has 0 aliphatic carbocycles. The lowest BCUT2D eigenvalue weighted by atomic mass is 10.1. The molecule has 0 aromatic rings. The van der Waals surface area contributed by atoms with Crippen LogP contribution in [0.5, 0.6) is 0 Å². The Morgan fingerprint density at radius 3 is 2.82 bits per heavy atom. The molecule has 0 bridgehead atoms. The van der Waals surface area contributed by atoms with Crippen LogP contribution in [-0.4, -0.2) is 61.3 Å². The molecule has 0 N–H and O–H groups in total. The zero-order valence-corrected chi connectivity index (χ0v) is 11.4. The number of piperazine rings is 1. The molecule has 1 saturated heterocycles. The van der Waals surface area contributed by atoms with Crippen LogP contribution in [-0.2, 0) is 4.74 Å². The van der Waals surface area contributed by atoms with E-state index in [1.165, 1.54) is 0 Å². The number of rotatable bonds is 6. The average molecular weight is 239 g/mol. The maximum absolute atomic E-state index is 8.72. The summed E-state index contributed by atoms with van der Waals surface area (Å²) in [5, 5.41) is 8.72. The van der Waals surface area contributed by atoms with Crippen LogP contribution in [0.15, 0.2) is 0 Å². The molecule has 0 aromatic heterocycles. The monoisotopic (exact) mass is 239 g/mol. The van der Waals surface area contributed by atoms with Crippen molar-refractivity contribution in [3.63, 3.8) is 0 Å². The van der Waals surface area contributed by atoms with Crippen molar-refractivity contribution in [2.24, 2.45) is 0 Å². The molecule has 1 aliphatic rings. The van der Waals surface area contributed by atoms with E-state index in [-0.39, 0.29) is 0 Å². The smallest absolute Gasteiger partial charge is 0.0638 e. The van der Waals surface area contributed by atoms with Gasteiger partial charge < -0.3 is 4.74 Å². The minimum atomic E-state index is 0.386. The summed E-state index contributed by atoms with van der Waals surface area (Å²) in [5.41, 5.74) is 0. The highest BCUT2D eigenvalue weighted by Crippen LogP contribution is 2.13. The van der Waals surface area contributed by atoms with Crippen LogP contribution in [0.3, 0.4) is 0 Å². The van der Waals surface area contributed by atoms with Gasteiger partial charge in [-0.2, -0.15) is 5.26 Å². The van der Waals surface area contributed by atoms with Crippen molar-refractivity contribution in [3.05, 3.63) is 0 Å². The number of hydrogen-bond donors (Lipinski definition) is 0. The second-order valence-electron chi connectivity index (χ2n) is 4.79. The summed E-state index contributed by atoms with van der Waals surface area (Å²) in [6, 6.07) is 3.20. The molecule has 1 fully saturated rings. The van der Waals surface area contributed by atoms with Crippen LogP contribution in [0, 0.1) is 11.3 Å². The lowest BCUT2D eigenvalue weighted by molar-refractivity contribution is 0.0360. The summed E-state index contributed by atoms with van der Waals surface area (Å²) in [6.07, 6.45) is 0.631. The summed E-state index contributed by atoms with van der Waals surface area (Å²) >= 11 is 0. The van der Waals surface area contributed by atoms with E-state index in [0.29, 0.717) is 18.5 Å². The zero-order chi connectivity index (χ0) is 12.7. The Kier molecular flexibility index (Phi) is 6.49. The van der Waals surface area contributed by atoms with Crippen molar-refractivity contribution in [1.82, 2.24) is 9.80 Å². The molecule has 0 unspecified atom stereocenters. The molecule has 17 heavy (non-hydrogen) atoms. The van der Waals surface area contributed by atoms with Gasteiger partial charge >= 0.3 is 0 Å². The minimum Gasteiger partial charge on any atom is -0.380 e. The summed E-state index contributed by atoms with van der Waals surface area (Å²) < 4.78 is 5.40. The quantitative estimate of drug-likeness (QED) is 0.656. The maximum Gasteiger partial charge on any atom is 0.0638 e. The Bertz CT molecular complexity index is 252. The maximum atomic E-state index is 8.72. The molecule has 4 nitrogen and oxygen atoms in total. The molecular weight excluding hydrogens is 214 g/mol. The van der Waals surface area contributed by atoms with Crippen LogP contribution < -0.4 is 0 Å². The van der Waals surface area contributed by atoms with E-state index in [1.807, 2.05) is 6.92 Å². The van der Waals surface area contributed by atoms with E-state index < -0.39 is 0 Å². The zero-order valence-electron chi connectivity index (χ0n) is 11.4. The molecule has 0 radical (unpaired) electrons. The largest absolute Gasteiger partial charge is 0.380 e. The first-order valence-electron chi connectivity index (χ1n) is 6.61. The Morgan fingerprint density at radius 1 is 1.47 bits per heavy atom. The van der Waals surface area contributed by atoms with Gasteiger partial charge in [-0.15, -0.1) is 0 Å². The van der Waals surface area contributed by atoms with Crippen LogP contribution >= 0.6 is 0 Å². The predicted octanol–water partition coefficient (Wildman–Crippen LogP) is 1.33. The molecular formula is C13H25N3O. The first kappa shape index (κ1) is 14.4. The van der Waals surface area contributed by atoms with Gasteiger partial charge in [0.05, 0.1) is 19.1 Å². The van der Waals surface area contributed by atoms with E-state index in [0.717, 1.165) is 39.4 Å². The lowest BCUT2D eigenvalue weighted by Crippen LogP contribution is -2.54. The molecule has 1 heterocycles. The standard InChI is InChI=1S/C13H25N3O/c1-4-17-10-9-15-7-8-16(11-13(15)3)12(2)5-6-14/h12-13H,4-5,7-11H2,1-3H3/t12-,13+/m1/s1. The fraction of sp³-hybridized carbons (Fsp3) is 0.923. The van der Waals surface area contributed by atoms with Crippen LogP contribution in [0.4, 0.5) is 0 Å². The van der Waals surface area contributed by atoms with Crippen LogP contribution in [0.2, 0.25) is 0 Å². The Morgan fingerprint density at radius 2 is 2.24 bits per heavy atom. The van der Waals surface area contributed by atoms with Crippen molar-refractivity contribution in [2.75, 3.05) is 39.4 Å². The van der Waals surface area contributed by atoms with Gasteiger partial charge in [-0.1, -0.05) is 0 Å².